The van der Waals surface area contributed by atoms with Gasteiger partial charge in [0.2, 0.25) is 0 Å². The van der Waals surface area contributed by atoms with E-state index in [2.05, 4.69) is 11.2 Å². The molecule has 0 bridgehead atoms. The molecule has 26 heavy (non-hydrogen) atoms. The van der Waals surface area contributed by atoms with E-state index < -0.39 is 0 Å². The Labute approximate surface area is 155 Å². The summed E-state index contributed by atoms with van der Waals surface area (Å²) in [6.45, 7) is 2.04. The molecule has 0 aliphatic carbocycles. The molecule has 0 saturated heterocycles. The molecule has 1 unspecified atom stereocenters. The molecule has 0 aliphatic rings. The van der Waals surface area contributed by atoms with Crippen molar-refractivity contribution in [3.05, 3.63) is 76.5 Å². The SMILES string of the molecule is CC(c1cccs1)N(C)C(=O)c1ccc2noc(-c3ccccc3)c2c1. The fourth-order valence-corrected chi connectivity index (χ4v) is 3.80. The van der Waals surface area contributed by atoms with Gasteiger partial charge in [0.15, 0.2) is 5.76 Å². The molecule has 2 heterocycles. The molecule has 1 atom stereocenters. The highest BCUT2D eigenvalue weighted by atomic mass is 32.1. The first kappa shape index (κ1) is 16.5. The van der Waals surface area contributed by atoms with Gasteiger partial charge in [0, 0.05) is 23.1 Å². The van der Waals surface area contributed by atoms with Crippen molar-refractivity contribution in [1.82, 2.24) is 10.1 Å². The summed E-state index contributed by atoms with van der Waals surface area (Å²) < 4.78 is 5.53. The van der Waals surface area contributed by atoms with Crippen molar-refractivity contribution >= 4 is 28.1 Å². The molecule has 2 aromatic carbocycles. The van der Waals surface area contributed by atoms with Gasteiger partial charge < -0.3 is 9.42 Å². The second-order valence-electron chi connectivity index (χ2n) is 6.22. The summed E-state index contributed by atoms with van der Waals surface area (Å²) in [5.74, 6) is 0.664. The van der Waals surface area contributed by atoms with Crippen molar-refractivity contribution in [3.8, 4) is 11.3 Å². The lowest BCUT2D eigenvalue weighted by Crippen LogP contribution is -2.29. The first-order valence-electron chi connectivity index (χ1n) is 8.40. The molecule has 0 fully saturated rings. The van der Waals surface area contributed by atoms with Gasteiger partial charge in [0.25, 0.3) is 5.91 Å². The van der Waals surface area contributed by atoms with Crippen molar-refractivity contribution in [2.75, 3.05) is 7.05 Å². The number of carbonyl (C=O) groups is 1. The summed E-state index contributed by atoms with van der Waals surface area (Å²) >= 11 is 1.66. The van der Waals surface area contributed by atoms with Gasteiger partial charge in [-0.15, -0.1) is 11.3 Å². The lowest BCUT2D eigenvalue weighted by molar-refractivity contribution is 0.0745. The van der Waals surface area contributed by atoms with Gasteiger partial charge in [0.1, 0.15) is 5.52 Å². The Bertz CT molecular complexity index is 1040. The van der Waals surface area contributed by atoms with Crippen LogP contribution in [0.2, 0.25) is 0 Å². The van der Waals surface area contributed by atoms with E-state index in [0.29, 0.717) is 11.3 Å². The summed E-state index contributed by atoms with van der Waals surface area (Å²) in [6.07, 6.45) is 0. The van der Waals surface area contributed by atoms with Crippen LogP contribution >= 0.6 is 11.3 Å². The number of amides is 1. The van der Waals surface area contributed by atoms with Crippen LogP contribution in [0.3, 0.4) is 0 Å². The molecule has 0 aliphatic heterocycles. The third-order valence-corrected chi connectivity index (χ3v) is 5.66. The average molecular weight is 362 g/mol. The van der Waals surface area contributed by atoms with E-state index in [4.69, 9.17) is 4.52 Å². The third-order valence-electron chi connectivity index (χ3n) is 4.62. The molecule has 0 spiro atoms. The van der Waals surface area contributed by atoms with Crippen molar-refractivity contribution in [2.24, 2.45) is 0 Å². The molecule has 4 rings (SSSR count). The Morgan fingerprint density at radius 2 is 1.92 bits per heavy atom. The predicted molar refractivity (Wildman–Crippen MR) is 104 cm³/mol. The number of fused-ring (bicyclic) bond motifs is 1. The van der Waals surface area contributed by atoms with Crippen molar-refractivity contribution in [1.29, 1.82) is 0 Å². The Hall–Kier alpha value is -2.92. The molecule has 0 N–H and O–H groups in total. The van der Waals surface area contributed by atoms with Gasteiger partial charge in [-0.2, -0.15) is 0 Å². The monoisotopic (exact) mass is 362 g/mol. The second-order valence-corrected chi connectivity index (χ2v) is 7.20. The number of aromatic nitrogens is 1. The normalized spacial score (nSPS) is 12.2. The Morgan fingerprint density at radius 1 is 1.12 bits per heavy atom. The number of hydrogen-bond donors (Lipinski definition) is 0. The molecule has 4 nitrogen and oxygen atoms in total. The highest BCUT2D eigenvalue weighted by Gasteiger charge is 2.21. The van der Waals surface area contributed by atoms with Crippen LogP contribution in [0.25, 0.3) is 22.2 Å². The first-order valence-corrected chi connectivity index (χ1v) is 9.28. The Morgan fingerprint density at radius 3 is 2.65 bits per heavy atom. The minimum absolute atomic E-state index is 0.0204. The highest BCUT2D eigenvalue weighted by molar-refractivity contribution is 7.10. The second kappa shape index (κ2) is 6.77. The quantitative estimate of drug-likeness (QED) is 0.489. The van der Waals surface area contributed by atoms with E-state index in [-0.39, 0.29) is 11.9 Å². The smallest absolute Gasteiger partial charge is 0.254 e. The fourth-order valence-electron chi connectivity index (χ4n) is 2.97. The fraction of sp³-hybridized carbons (Fsp3) is 0.143. The molecule has 130 valence electrons. The van der Waals surface area contributed by atoms with E-state index in [9.17, 15) is 4.79 Å². The maximum Gasteiger partial charge on any atom is 0.254 e. The van der Waals surface area contributed by atoms with E-state index in [1.807, 2.05) is 67.9 Å². The number of rotatable bonds is 4. The topological polar surface area (TPSA) is 46.3 Å². The zero-order valence-corrected chi connectivity index (χ0v) is 15.4. The number of nitrogens with zero attached hydrogens (tertiary/aromatic N) is 2. The van der Waals surface area contributed by atoms with Crippen LogP contribution in [0.4, 0.5) is 0 Å². The number of thiophene rings is 1. The molecule has 1 amide bonds. The van der Waals surface area contributed by atoms with E-state index in [1.165, 1.54) is 0 Å². The van der Waals surface area contributed by atoms with Gasteiger partial charge in [0.05, 0.1) is 11.4 Å². The molecular formula is C21H18N2O2S. The van der Waals surface area contributed by atoms with Crippen molar-refractivity contribution in [2.45, 2.75) is 13.0 Å². The maximum atomic E-state index is 13.0. The lowest BCUT2D eigenvalue weighted by atomic mass is 10.1. The van der Waals surface area contributed by atoms with Crippen LogP contribution in [-0.4, -0.2) is 23.0 Å². The van der Waals surface area contributed by atoms with Crippen LogP contribution < -0.4 is 0 Å². The first-order chi connectivity index (χ1) is 12.6. The maximum absolute atomic E-state index is 13.0. The lowest BCUT2D eigenvalue weighted by Gasteiger charge is -2.24. The van der Waals surface area contributed by atoms with Crippen molar-refractivity contribution in [3.63, 3.8) is 0 Å². The third kappa shape index (κ3) is 2.91. The van der Waals surface area contributed by atoms with Crippen LogP contribution in [0.1, 0.15) is 28.2 Å². The summed E-state index contributed by atoms with van der Waals surface area (Å²) in [5.41, 5.74) is 2.32. The number of carbonyl (C=O) groups excluding carboxylic acids is 1. The van der Waals surface area contributed by atoms with Gasteiger partial charge in [-0.1, -0.05) is 41.6 Å². The largest absolute Gasteiger partial charge is 0.355 e. The van der Waals surface area contributed by atoms with Gasteiger partial charge >= 0.3 is 0 Å². The van der Waals surface area contributed by atoms with Crippen LogP contribution in [0.5, 0.6) is 0 Å². The Balaban J connectivity index is 1.70. The summed E-state index contributed by atoms with van der Waals surface area (Å²) in [7, 11) is 1.84. The molecule has 5 heteroatoms. The molecule has 0 saturated carbocycles. The average Bonchev–Trinajstić information content (AvgIpc) is 3.36. The summed E-state index contributed by atoms with van der Waals surface area (Å²) in [5, 5.41) is 6.99. The van der Waals surface area contributed by atoms with E-state index in [1.54, 1.807) is 22.3 Å². The zero-order chi connectivity index (χ0) is 18.1. The standard InChI is InChI=1S/C21H18N2O2S/c1-14(19-9-6-12-26-19)23(2)21(24)16-10-11-18-17(13-16)20(25-22-18)15-7-4-3-5-8-15/h3-14H,1-2H3. The number of hydrogen-bond acceptors (Lipinski definition) is 4. The van der Waals surface area contributed by atoms with Gasteiger partial charge in [-0.05, 0) is 36.6 Å². The minimum Gasteiger partial charge on any atom is -0.355 e. The molecular weight excluding hydrogens is 344 g/mol. The summed E-state index contributed by atoms with van der Waals surface area (Å²) in [4.78, 5) is 15.9. The van der Waals surface area contributed by atoms with Crippen LogP contribution in [0, 0.1) is 0 Å². The molecule has 4 aromatic rings. The summed E-state index contributed by atoms with van der Waals surface area (Å²) in [6, 6.07) is 19.4. The van der Waals surface area contributed by atoms with E-state index >= 15 is 0 Å². The zero-order valence-electron chi connectivity index (χ0n) is 14.5. The molecule has 0 radical (unpaired) electrons. The van der Waals surface area contributed by atoms with Crippen LogP contribution in [-0.2, 0) is 0 Å². The van der Waals surface area contributed by atoms with Crippen LogP contribution in [0.15, 0.2) is 70.6 Å². The van der Waals surface area contributed by atoms with Gasteiger partial charge in [-0.25, -0.2) is 0 Å². The highest BCUT2D eigenvalue weighted by Crippen LogP contribution is 2.30. The predicted octanol–water partition coefficient (Wildman–Crippen LogP) is 5.39. The number of benzene rings is 2. The van der Waals surface area contributed by atoms with Crippen molar-refractivity contribution < 1.29 is 9.32 Å². The Kier molecular flexibility index (Phi) is 4.31. The van der Waals surface area contributed by atoms with Gasteiger partial charge in [-0.3, -0.25) is 4.79 Å². The van der Waals surface area contributed by atoms with E-state index in [0.717, 1.165) is 21.3 Å². The minimum atomic E-state index is -0.0204. The molecule has 2 aromatic heterocycles.